The van der Waals surface area contributed by atoms with Gasteiger partial charge in [-0.3, -0.25) is 0 Å². The van der Waals surface area contributed by atoms with Gasteiger partial charge in [0, 0.05) is 30.0 Å². The molecule has 0 saturated carbocycles. The van der Waals surface area contributed by atoms with Crippen molar-refractivity contribution in [1.82, 2.24) is 15.0 Å². The summed E-state index contributed by atoms with van der Waals surface area (Å²) in [6.07, 6.45) is -2.29. The molecule has 192 valence electrons. The second kappa shape index (κ2) is 9.51. The predicted octanol–water partition coefficient (Wildman–Crippen LogP) is 4.22. The van der Waals surface area contributed by atoms with Crippen molar-refractivity contribution in [2.24, 2.45) is 5.92 Å². The third-order valence-corrected chi connectivity index (χ3v) is 7.90. The first-order valence-electron chi connectivity index (χ1n) is 10.9. The molecular weight excluding hydrogens is 499 g/mol. The van der Waals surface area contributed by atoms with E-state index >= 15 is 0 Å². The van der Waals surface area contributed by atoms with Gasteiger partial charge in [-0.25, -0.2) is 13.4 Å². The van der Waals surface area contributed by atoms with Crippen molar-refractivity contribution in [3.8, 4) is 17.1 Å². The van der Waals surface area contributed by atoms with E-state index in [1.54, 1.807) is 43.3 Å². The summed E-state index contributed by atoms with van der Waals surface area (Å²) >= 11 is 0. The lowest BCUT2D eigenvalue weighted by Gasteiger charge is -2.25. The minimum atomic E-state index is -4.65. The first-order chi connectivity index (χ1) is 16.9. The summed E-state index contributed by atoms with van der Waals surface area (Å²) in [5.74, 6) is -2.40. The summed E-state index contributed by atoms with van der Waals surface area (Å²) in [5.41, 5.74) is 2.33. The lowest BCUT2D eigenvalue weighted by atomic mass is 9.96. The summed E-state index contributed by atoms with van der Waals surface area (Å²) in [6, 6.07) is 9.86. The Morgan fingerprint density at radius 1 is 1.22 bits per heavy atom. The Morgan fingerprint density at radius 3 is 2.67 bits per heavy atom. The SMILES string of the molecule is Cc1cc(C2=C(Oc3cccc(CO)c3)NC=C(S(=O)(=O)CC(C)C(F)(F)F)C2)c2ccnc-2n1O. The number of dihydropyridines is 1. The van der Waals surface area contributed by atoms with Gasteiger partial charge in [-0.05, 0) is 42.3 Å². The minimum absolute atomic E-state index is 0.158. The average molecular weight is 524 g/mol. The number of aliphatic hydroxyl groups is 1. The molecule has 3 heterocycles. The Balaban J connectivity index is 1.79. The number of aryl methyl sites for hydroxylation is 1. The highest BCUT2D eigenvalue weighted by atomic mass is 32.2. The molecule has 0 aromatic heterocycles. The van der Waals surface area contributed by atoms with Crippen molar-refractivity contribution >= 4 is 15.4 Å². The topological polar surface area (TPSA) is 114 Å². The quantitative estimate of drug-likeness (QED) is 0.398. The van der Waals surface area contributed by atoms with Crippen molar-refractivity contribution in [3.05, 3.63) is 76.4 Å². The van der Waals surface area contributed by atoms with Crippen LogP contribution < -0.4 is 10.1 Å². The molecule has 1 aromatic rings. The normalized spacial score (nSPS) is 15.6. The van der Waals surface area contributed by atoms with Gasteiger partial charge in [-0.2, -0.15) is 17.9 Å². The van der Waals surface area contributed by atoms with Gasteiger partial charge >= 0.3 is 6.18 Å². The predicted molar refractivity (Wildman–Crippen MR) is 126 cm³/mol. The van der Waals surface area contributed by atoms with Crippen LogP contribution in [0.3, 0.4) is 0 Å². The number of hydrogen-bond acceptors (Lipinski definition) is 7. The lowest BCUT2D eigenvalue weighted by Crippen LogP contribution is -2.30. The Bertz CT molecular complexity index is 1430. The molecule has 0 fully saturated rings. The zero-order chi connectivity index (χ0) is 26.3. The van der Waals surface area contributed by atoms with E-state index in [1.807, 2.05) is 0 Å². The van der Waals surface area contributed by atoms with E-state index in [4.69, 9.17) is 4.74 Å². The number of alkyl halides is 3. The summed E-state index contributed by atoms with van der Waals surface area (Å²) in [6.45, 7) is 2.23. The molecule has 1 unspecified atom stereocenters. The average Bonchev–Trinajstić information content (AvgIpc) is 3.31. The highest BCUT2D eigenvalue weighted by Gasteiger charge is 2.40. The van der Waals surface area contributed by atoms with E-state index in [1.165, 1.54) is 6.20 Å². The van der Waals surface area contributed by atoms with Crippen LogP contribution in [0.4, 0.5) is 13.2 Å². The number of allylic oxidation sites excluding steroid dienone is 2. The van der Waals surface area contributed by atoms with Gasteiger partial charge in [0.15, 0.2) is 15.7 Å². The van der Waals surface area contributed by atoms with Crippen LogP contribution in [0.1, 0.15) is 30.2 Å². The summed E-state index contributed by atoms with van der Waals surface area (Å²) < 4.78 is 72.1. The molecule has 1 aromatic carbocycles. The number of nitrogens with one attached hydrogen (secondary N) is 1. The maximum Gasteiger partial charge on any atom is 0.392 e. The van der Waals surface area contributed by atoms with Crippen LogP contribution in [0.2, 0.25) is 0 Å². The monoisotopic (exact) mass is 523 g/mol. The van der Waals surface area contributed by atoms with Gasteiger partial charge < -0.3 is 20.4 Å². The first kappa shape index (κ1) is 25.6. The molecule has 0 aliphatic carbocycles. The number of aliphatic hydroxyl groups excluding tert-OH is 1. The van der Waals surface area contributed by atoms with Crippen molar-refractivity contribution in [2.45, 2.75) is 33.1 Å². The highest BCUT2D eigenvalue weighted by Crippen LogP contribution is 2.39. The Morgan fingerprint density at radius 2 is 1.97 bits per heavy atom. The number of nitrogens with zero attached hydrogens (tertiary/aromatic N) is 2. The standard InChI is InChI=1S/C24H24F3N3O5S/c1-14(24(25,26)27)13-36(33,34)18-10-21(20-8-15(2)30(32)22-19(20)6-7-28-22)23(29-11-18)35-17-5-3-4-16(9-17)12-31/h3-9,11,14,29,31-32H,10,12-13H2,1-2H3. The molecule has 3 aliphatic heterocycles. The molecule has 4 rings (SSSR count). The number of halogens is 3. The molecule has 1 atom stereocenters. The third-order valence-electron chi connectivity index (χ3n) is 5.90. The molecule has 0 bridgehead atoms. The van der Waals surface area contributed by atoms with E-state index in [0.717, 1.165) is 17.9 Å². The third kappa shape index (κ3) is 5.05. The van der Waals surface area contributed by atoms with Gasteiger partial charge in [-0.1, -0.05) is 19.1 Å². The molecule has 3 aliphatic rings. The number of sulfone groups is 1. The zero-order valence-corrected chi connectivity index (χ0v) is 20.2. The number of pyridine rings is 1. The smallest absolute Gasteiger partial charge is 0.392 e. The fourth-order valence-corrected chi connectivity index (χ4v) is 5.54. The van der Waals surface area contributed by atoms with Crippen LogP contribution in [0.15, 0.2) is 59.6 Å². The molecule has 36 heavy (non-hydrogen) atoms. The van der Waals surface area contributed by atoms with Gasteiger partial charge in [0.1, 0.15) is 5.75 Å². The molecule has 0 spiro atoms. The van der Waals surface area contributed by atoms with E-state index in [0.29, 0.717) is 33.7 Å². The van der Waals surface area contributed by atoms with Gasteiger partial charge in [-0.15, -0.1) is 0 Å². The number of benzene rings is 1. The van der Waals surface area contributed by atoms with E-state index in [-0.39, 0.29) is 29.6 Å². The second-order valence-corrected chi connectivity index (χ2v) is 10.7. The van der Waals surface area contributed by atoms with Crippen LogP contribution in [0, 0.1) is 12.8 Å². The molecule has 0 amide bonds. The van der Waals surface area contributed by atoms with Crippen LogP contribution in [0.25, 0.3) is 17.0 Å². The van der Waals surface area contributed by atoms with Crippen LogP contribution in [-0.4, -0.2) is 40.4 Å². The van der Waals surface area contributed by atoms with Gasteiger partial charge in [0.05, 0.1) is 28.9 Å². The molecule has 8 nitrogen and oxygen atoms in total. The molecule has 0 saturated heterocycles. The number of aromatic nitrogens is 2. The summed E-state index contributed by atoms with van der Waals surface area (Å²) in [4.78, 5) is 3.92. The van der Waals surface area contributed by atoms with Crippen molar-refractivity contribution in [1.29, 1.82) is 0 Å². The molecular formula is C24H24F3N3O5S. The van der Waals surface area contributed by atoms with Gasteiger partial charge in [0.25, 0.3) is 0 Å². The Kier molecular flexibility index (Phi) is 6.76. The van der Waals surface area contributed by atoms with E-state index in [9.17, 15) is 31.9 Å². The Labute approximate surface area is 205 Å². The number of rotatable bonds is 7. The number of hydrogen-bond donors (Lipinski definition) is 3. The highest BCUT2D eigenvalue weighted by molar-refractivity contribution is 7.95. The van der Waals surface area contributed by atoms with Crippen molar-refractivity contribution < 1.29 is 36.6 Å². The summed E-state index contributed by atoms with van der Waals surface area (Å²) in [7, 11) is -4.29. The first-order valence-corrected chi connectivity index (χ1v) is 12.6. The Hall–Kier alpha value is -3.51. The number of fused-ring (bicyclic) bond motifs is 1. The van der Waals surface area contributed by atoms with E-state index < -0.39 is 27.7 Å². The van der Waals surface area contributed by atoms with E-state index in [2.05, 4.69) is 10.3 Å². The molecule has 3 N–H and O–H groups in total. The van der Waals surface area contributed by atoms with Crippen LogP contribution in [-0.2, 0) is 16.4 Å². The van der Waals surface area contributed by atoms with Crippen LogP contribution >= 0.6 is 0 Å². The largest absolute Gasteiger partial charge is 0.441 e. The second-order valence-electron chi connectivity index (χ2n) is 8.56. The van der Waals surface area contributed by atoms with Crippen molar-refractivity contribution in [3.63, 3.8) is 0 Å². The van der Waals surface area contributed by atoms with Crippen molar-refractivity contribution in [2.75, 3.05) is 5.75 Å². The lowest BCUT2D eigenvalue weighted by molar-refractivity contribution is -0.163. The molecule has 0 radical (unpaired) electrons. The van der Waals surface area contributed by atoms with Gasteiger partial charge in [0.2, 0.25) is 5.88 Å². The maximum atomic E-state index is 13.1. The minimum Gasteiger partial charge on any atom is -0.441 e. The fourth-order valence-electron chi connectivity index (χ4n) is 3.87. The number of ether oxygens (including phenoxy) is 1. The molecule has 12 heteroatoms. The maximum absolute atomic E-state index is 13.1. The fraction of sp³-hybridized carbons (Fsp3) is 0.292. The van der Waals surface area contributed by atoms with Crippen LogP contribution in [0.5, 0.6) is 5.75 Å². The summed E-state index contributed by atoms with van der Waals surface area (Å²) in [5, 5.41) is 22.6. The zero-order valence-electron chi connectivity index (χ0n) is 19.4.